The molecule has 15 heavy (non-hydrogen) atoms. The zero-order chi connectivity index (χ0) is 9.97. The van der Waals surface area contributed by atoms with Gasteiger partial charge < -0.3 is 14.8 Å². The van der Waals surface area contributed by atoms with Crippen molar-refractivity contribution in [2.24, 2.45) is 0 Å². The molecule has 1 aliphatic heterocycles. The minimum Gasteiger partial charge on any atom is -0.497 e. The number of fused-ring (bicyclic) bond motifs is 1. The molecule has 3 nitrogen and oxygen atoms in total. The van der Waals surface area contributed by atoms with Gasteiger partial charge in [-0.25, -0.2) is 0 Å². The van der Waals surface area contributed by atoms with Crippen molar-refractivity contribution in [3.05, 3.63) is 22.7 Å². The van der Waals surface area contributed by atoms with Crippen LogP contribution in [0.25, 0.3) is 0 Å². The van der Waals surface area contributed by atoms with Crippen LogP contribution in [-0.4, -0.2) is 20.3 Å². The van der Waals surface area contributed by atoms with Gasteiger partial charge in [-0.05, 0) is 6.07 Å². The third kappa shape index (κ3) is 2.68. The molecule has 0 unspecified atom stereocenters. The lowest BCUT2D eigenvalue weighted by Gasteiger charge is -2.10. The molecule has 2 rings (SSSR count). The molecule has 0 fully saturated rings. The van der Waals surface area contributed by atoms with Crippen LogP contribution in [0.3, 0.4) is 0 Å². The highest BCUT2D eigenvalue weighted by atomic mass is 35.5. The quantitative estimate of drug-likeness (QED) is 0.829. The standard InChI is InChI=1S/C10H12ClNO2.ClH/c1-13-7-4-9(11)8-6-12-2-3-14-10(8)5-7;/h4-5,12H,2-3,6H2,1H3;1H. The molecule has 1 N–H and O–H groups in total. The molecule has 84 valence electrons. The van der Waals surface area contributed by atoms with Gasteiger partial charge in [0.1, 0.15) is 18.1 Å². The normalized spacial score (nSPS) is 14.3. The first-order chi connectivity index (χ1) is 6.81. The summed E-state index contributed by atoms with van der Waals surface area (Å²) in [6.07, 6.45) is 0. The average Bonchev–Trinajstić information content (AvgIpc) is 2.42. The van der Waals surface area contributed by atoms with Crippen LogP contribution in [0.2, 0.25) is 5.02 Å². The fourth-order valence-electron chi connectivity index (χ4n) is 1.45. The van der Waals surface area contributed by atoms with Gasteiger partial charge in [0.2, 0.25) is 0 Å². The molecule has 0 amide bonds. The van der Waals surface area contributed by atoms with Gasteiger partial charge in [-0.2, -0.15) is 0 Å². The van der Waals surface area contributed by atoms with E-state index in [1.807, 2.05) is 6.07 Å². The van der Waals surface area contributed by atoms with Gasteiger partial charge in [0.15, 0.2) is 0 Å². The summed E-state index contributed by atoms with van der Waals surface area (Å²) in [5.41, 5.74) is 1.00. The average molecular weight is 250 g/mol. The van der Waals surface area contributed by atoms with Crippen LogP contribution >= 0.6 is 24.0 Å². The second kappa shape index (κ2) is 5.45. The summed E-state index contributed by atoms with van der Waals surface area (Å²) < 4.78 is 10.7. The molecule has 5 heteroatoms. The molecule has 1 aliphatic rings. The fourth-order valence-corrected chi connectivity index (χ4v) is 1.72. The SMILES string of the molecule is COc1cc(Cl)c2c(c1)OCCNC2.Cl. The Bertz CT molecular complexity index is 344. The van der Waals surface area contributed by atoms with E-state index < -0.39 is 0 Å². The van der Waals surface area contributed by atoms with Crippen molar-refractivity contribution in [2.75, 3.05) is 20.3 Å². The Balaban J connectivity index is 0.00000112. The molecule has 1 aromatic rings. The van der Waals surface area contributed by atoms with Crippen LogP contribution in [-0.2, 0) is 6.54 Å². The van der Waals surface area contributed by atoms with E-state index in [0.29, 0.717) is 11.6 Å². The van der Waals surface area contributed by atoms with Crippen LogP contribution in [0.15, 0.2) is 12.1 Å². The highest BCUT2D eigenvalue weighted by Crippen LogP contribution is 2.32. The van der Waals surface area contributed by atoms with E-state index in [-0.39, 0.29) is 12.4 Å². The number of hydrogen-bond acceptors (Lipinski definition) is 3. The van der Waals surface area contributed by atoms with Crippen LogP contribution in [0.1, 0.15) is 5.56 Å². The van der Waals surface area contributed by atoms with Crippen molar-refractivity contribution in [2.45, 2.75) is 6.54 Å². The van der Waals surface area contributed by atoms with Crippen LogP contribution in [0, 0.1) is 0 Å². The van der Waals surface area contributed by atoms with Crippen molar-refractivity contribution >= 4 is 24.0 Å². The van der Waals surface area contributed by atoms with Crippen molar-refractivity contribution in [1.82, 2.24) is 5.32 Å². The molecule has 0 aromatic heterocycles. The highest BCUT2D eigenvalue weighted by molar-refractivity contribution is 6.31. The van der Waals surface area contributed by atoms with E-state index in [0.717, 1.165) is 30.2 Å². The lowest BCUT2D eigenvalue weighted by atomic mass is 10.2. The van der Waals surface area contributed by atoms with Gasteiger partial charge in [-0.3, -0.25) is 0 Å². The van der Waals surface area contributed by atoms with Gasteiger partial charge in [-0.1, -0.05) is 11.6 Å². The summed E-state index contributed by atoms with van der Waals surface area (Å²) in [6, 6.07) is 3.67. The molecule has 0 radical (unpaired) electrons. The summed E-state index contributed by atoms with van der Waals surface area (Å²) in [5, 5.41) is 3.92. The van der Waals surface area contributed by atoms with E-state index in [9.17, 15) is 0 Å². The molecule has 1 heterocycles. The van der Waals surface area contributed by atoms with E-state index >= 15 is 0 Å². The zero-order valence-electron chi connectivity index (χ0n) is 8.38. The van der Waals surface area contributed by atoms with Crippen LogP contribution in [0.5, 0.6) is 11.5 Å². The maximum absolute atomic E-state index is 6.10. The molecule has 0 saturated heterocycles. The Morgan fingerprint density at radius 2 is 2.27 bits per heavy atom. The van der Waals surface area contributed by atoms with Crippen molar-refractivity contribution in [1.29, 1.82) is 0 Å². The summed E-state index contributed by atoms with van der Waals surface area (Å²) in [4.78, 5) is 0. The molecular formula is C10H13Cl2NO2. The number of hydrogen-bond donors (Lipinski definition) is 1. The minimum atomic E-state index is 0. The molecule has 0 aliphatic carbocycles. The third-order valence-corrected chi connectivity index (χ3v) is 2.54. The molecule has 0 spiro atoms. The molecule has 0 atom stereocenters. The topological polar surface area (TPSA) is 30.5 Å². The largest absolute Gasteiger partial charge is 0.497 e. The summed E-state index contributed by atoms with van der Waals surface area (Å²) in [6.45, 7) is 2.25. The number of nitrogens with one attached hydrogen (secondary N) is 1. The summed E-state index contributed by atoms with van der Waals surface area (Å²) in [7, 11) is 1.62. The number of rotatable bonds is 1. The van der Waals surface area contributed by atoms with Gasteiger partial charge in [-0.15, -0.1) is 12.4 Å². The number of methoxy groups -OCH3 is 1. The van der Waals surface area contributed by atoms with Crippen LogP contribution in [0.4, 0.5) is 0 Å². The first-order valence-electron chi connectivity index (χ1n) is 4.51. The zero-order valence-corrected chi connectivity index (χ0v) is 9.95. The second-order valence-electron chi connectivity index (χ2n) is 3.11. The van der Waals surface area contributed by atoms with Gasteiger partial charge >= 0.3 is 0 Å². The Hall–Kier alpha value is -0.640. The Morgan fingerprint density at radius 1 is 1.47 bits per heavy atom. The van der Waals surface area contributed by atoms with E-state index in [1.54, 1.807) is 13.2 Å². The van der Waals surface area contributed by atoms with Crippen molar-refractivity contribution in [3.63, 3.8) is 0 Å². The predicted octanol–water partition coefficient (Wildman–Crippen LogP) is 2.25. The smallest absolute Gasteiger partial charge is 0.129 e. The monoisotopic (exact) mass is 249 g/mol. The molecule has 0 bridgehead atoms. The number of halogens is 2. The van der Waals surface area contributed by atoms with Crippen molar-refractivity contribution < 1.29 is 9.47 Å². The molecular weight excluding hydrogens is 237 g/mol. The number of benzene rings is 1. The lowest BCUT2D eigenvalue weighted by Crippen LogP contribution is -2.16. The first kappa shape index (κ1) is 12.4. The number of ether oxygens (including phenoxy) is 2. The van der Waals surface area contributed by atoms with Gasteiger partial charge in [0, 0.05) is 24.7 Å². The van der Waals surface area contributed by atoms with E-state index in [2.05, 4.69) is 5.32 Å². The van der Waals surface area contributed by atoms with E-state index in [1.165, 1.54) is 0 Å². The van der Waals surface area contributed by atoms with E-state index in [4.69, 9.17) is 21.1 Å². The second-order valence-corrected chi connectivity index (χ2v) is 3.52. The Labute approximate surface area is 100 Å². The Morgan fingerprint density at radius 3 is 3.00 bits per heavy atom. The highest BCUT2D eigenvalue weighted by Gasteiger charge is 2.13. The Kier molecular flexibility index (Phi) is 4.51. The summed E-state index contributed by atoms with van der Waals surface area (Å²) in [5.74, 6) is 1.55. The third-order valence-electron chi connectivity index (χ3n) is 2.20. The fraction of sp³-hybridized carbons (Fsp3) is 0.400. The molecule has 1 aromatic carbocycles. The predicted molar refractivity (Wildman–Crippen MR) is 62.5 cm³/mol. The first-order valence-corrected chi connectivity index (χ1v) is 4.89. The molecule has 0 saturated carbocycles. The maximum Gasteiger partial charge on any atom is 0.129 e. The van der Waals surface area contributed by atoms with Gasteiger partial charge in [0.05, 0.1) is 12.1 Å². The maximum atomic E-state index is 6.10. The van der Waals surface area contributed by atoms with Gasteiger partial charge in [0.25, 0.3) is 0 Å². The minimum absolute atomic E-state index is 0. The summed E-state index contributed by atoms with van der Waals surface area (Å²) >= 11 is 6.10. The lowest BCUT2D eigenvalue weighted by molar-refractivity contribution is 0.323. The van der Waals surface area contributed by atoms with Crippen molar-refractivity contribution in [3.8, 4) is 11.5 Å². The van der Waals surface area contributed by atoms with Crippen LogP contribution < -0.4 is 14.8 Å².